The van der Waals surface area contributed by atoms with Gasteiger partial charge in [-0.1, -0.05) is 17.7 Å². The lowest BCUT2D eigenvalue weighted by molar-refractivity contribution is 0.126. The van der Waals surface area contributed by atoms with Gasteiger partial charge in [-0.3, -0.25) is 0 Å². The summed E-state index contributed by atoms with van der Waals surface area (Å²) >= 11 is 5.84. The zero-order valence-corrected chi connectivity index (χ0v) is 8.80. The lowest BCUT2D eigenvalue weighted by atomic mass is 9.88. The van der Waals surface area contributed by atoms with Gasteiger partial charge in [-0.25, -0.2) is 0 Å². The van der Waals surface area contributed by atoms with Gasteiger partial charge in [0.05, 0.1) is 6.07 Å². The number of nitriles is 1. The van der Waals surface area contributed by atoms with Gasteiger partial charge in [0, 0.05) is 10.6 Å². The number of halogens is 1. The number of hydrogen-bond donors (Lipinski definition) is 0. The number of benzene rings is 1. The van der Waals surface area contributed by atoms with Gasteiger partial charge >= 0.3 is 0 Å². The molecule has 1 aromatic carbocycles. The quantitative estimate of drug-likeness (QED) is 0.655. The largest absolute Gasteiger partial charge is 0.486 e. The molecule has 0 saturated carbocycles. The average Bonchev–Trinajstić information content (AvgIpc) is 2.33. The number of ether oxygens (including phenoxy) is 1. The standard InChI is InChI=1S/C11H10ClNO/c1-11(2)9(6-13)8-4-3-7(12)5-10(8)14-11/h3-5,9H,1-2H3. The Morgan fingerprint density at radius 1 is 1.50 bits per heavy atom. The fourth-order valence-electron chi connectivity index (χ4n) is 1.78. The topological polar surface area (TPSA) is 33.0 Å². The molecule has 0 aliphatic carbocycles. The minimum Gasteiger partial charge on any atom is -0.486 e. The minimum absolute atomic E-state index is 0.213. The molecule has 72 valence electrons. The summed E-state index contributed by atoms with van der Waals surface area (Å²) in [6, 6.07) is 7.67. The third-order valence-electron chi connectivity index (χ3n) is 2.48. The smallest absolute Gasteiger partial charge is 0.126 e. The van der Waals surface area contributed by atoms with E-state index in [1.807, 2.05) is 19.9 Å². The maximum atomic E-state index is 9.05. The van der Waals surface area contributed by atoms with E-state index >= 15 is 0 Å². The molecule has 1 unspecified atom stereocenters. The van der Waals surface area contributed by atoms with Crippen molar-refractivity contribution in [2.75, 3.05) is 0 Å². The van der Waals surface area contributed by atoms with Crippen molar-refractivity contribution in [1.29, 1.82) is 5.26 Å². The fraction of sp³-hybridized carbons (Fsp3) is 0.364. The predicted octanol–water partition coefficient (Wildman–Crippen LogP) is 3.12. The first-order chi connectivity index (χ1) is 6.54. The summed E-state index contributed by atoms with van der Waals surface area (Å²) in [5, 5.41) is 9.69. The highest BCUT2D eigenvalue weighted by Gasteiger charge is 2.41. The first-order valence-electron chi connectivity index (χ1n) is 4.42. The van der Waals surface area contributed by atoms with Crippen molar-refractivity contribution in [2.24, 2.45) is 0 Å². The molecule has 1 aliphatic rings. The summed E-state index contributed by atoms with van der Waals surface area (Å²) in [5.74, 6) is 0.517. The van der Waals surface area contributed by atoms with Crippen molar-refractivity contribution < 1.29 is 4.74 Å². The van der Waals surface area contributed by atoms with Crippen molar-refractivity contribution in [3.8, 4) is 11.8 Å². The van der Waals surface area contributed by atoms with Crippen molar-refractivity contribution in [1.82, 2.24) is 0 Å². The lowest BCUT2D eigenvalue weighted by Crippen LogP contribution is -2.29. The molecule has 0 bridgehead atoms. The van der Waals surface area contributed by atoms with Crippen LogP contribution in [0.4, 0.5) is 0 Å². The van der Waals surface area contributed by atoms with Gasteiger partial charge in [0.1, 0.15) is 17.3 Å². The summed E-state index contributed by atoms with van der Waals surface area (Å²) in [7, 11) is 0. The number of fused-ring (bicyclic) bond motifs is 1. The van der Waals surface area contributed by atoms with Crippen molar-refractivity contribution in [3.63, 3.8) is 0 Å². The van der Waals surface area contributed by atoms with Gasteiger partial charge in [0.15, 0.2) is 0 Å². The first-order valence-corrected chi connectivity index (χ1v) is 4.80. The normalized spacial score (nSPS) is 22.3. The van der Waals surface area contributed by atoms with Crippen LogP contribution in [0.1, 0.15) is 25.3 Å². The summed E-state index contributed by atoms with van der Waals surface area (Å²) in [4.78, 5) is 0. The van der Waals surface area contributed by atoms with Crippen LogP contribution in [0.5, 0.6) is 5.75 Å². The van der Waals surface area contributed by atoms with Crippen molar-refractivity contribution in [2.45, 2.75) is 25.4 Å². The van der Waals surface area contributed by atoms with Gasteiger partial charge in [-0.2, -0.15) is 5.26 Å². The fourth-order valence-corrected chi connectivity index (χ4v) is 1.94. The van der Waals surface area contributed by atoms with E-state index < -0.39 is 5.60 Å². The summed E-state index contributed by atoms with van der Waals surface area (Å²) in [5.41, 5.74) is 0.476. The molecular weight excluding hydrogens is 198 g/mol. The second-order valence-corrected chi connectivity index (χ2v) is 4.39. The molecule has 0 saturated heterocycles. The first kappa shape index (κ1) is 9.36. The van der Waals surface area contributed by atoms with E-state index in [1.165, 1.54) is 0 Å². The van der Waals surface area contributed by atoms with Crippen molar-refractivity contribution in [3.05, 3.63) is 28.8 Å². The van der Waals surface area contributed by atoms with Crippen LogP contribution in [0.2, 0.25) is 5.02 Å². The Morgan fingerprint density at radius 2 is 2.21 bits per heavy atom. The summed E-state index contributed by atoms with van der Waals surface area (Å²) < 4.78 is 5.67. The highest BCUT2D eigenvalue weighted by molar-refractivity contribution is 6.30. The van der Waals surface area contributed by atoms with Crippen LogP contribution in [0, 0.1) is 11.3 Å². The monoisotopic (exact) mass is 207 g/mol. The van der Waals surface area contributed by atoms with Gasteiger partial charge < -0.3 is 4.74 Å². The Kier molecular flexibility index (Phi) is 1.94. The summed E-state index contributed by atoms with van der Waals surface area (Å²) in [6.07, 6.45) is 0. The highest BCUT2D eigenvalue weighted by atomic mass is 35.5. The Bertz CT molecular complexity index is 420. The van der Waals surface area contributed by atoms with Gasteiger partial charge in [0.2, 0.25) is 0 Å². The zero-order valence-electron chi connectivity index (χ0n) is 8.04. The number of rotatable bonds is 0. The van der Waals surface area contributed by atoms with Gasteiger partial charge in [0.25, 0.3) is 0 Å². The molecule has 14 heavy (non-hydrogen) atoms. The number of nitrogens with zero attached hydrogens (tertiary/aromatic N) is 1. The molecule has 2 rings (SSSR count). The van der Waals surface area contributed by atoms with Gasteiger partial charge in [-0.15, -0.1) is 0 Å². The van der Waals surface area contributed by atoms with Crippen LogP contribution in [-0.2, 0) is 0 Å². The molecule has 3 heteroatoms. The molecule has 0 N–H and O–H groups in total. The molecule has 1 heterocycles. The molecule has 0 aromatic heterocycles. The molecule has 0 fully saturated rings. The van der Waals surface area contributed by atoms with Crippen LogP contribution in [-0.4, -0.2) is 5.60 Å². The maximum absolute atomic E-state index is 9.05. The molecule has 0 radical (unpaired) electrons. The van der Waals surface area contributed by atoms with E-state index in [9.17, 15) is 0 Å². The second kappa shape index (κ2) is 2.90. The van der Waals surface area contributed by atoms with E-state index in [-0.39, 0.29) is 5.92 Å². The van der Waals surface area contributed by atoms with Crippen LogP contribution in [0.3, 0.4) is 0 Å². The Hall–Kier alpha value is -1.20. The van der Waals surface area contributed by atoms with Gasteiger partial charge in [-0.05, 0) is 26.0 Å². The predicted molar refractivity (Wildman–Crippen MR) is 54.5 cm³/mol. The van der Waals surface area contributed by atoms with Crippen LogP contribution in [0.15, 0.2) is 18.2 Å². The van der Waals surface area contributed by atoms with E-state index in [1.54, 1.807) is 12.1 Å². The second-order valence-electron chi connectivity index (χ2n) is 3.95. The molecule has 1 aliphatic heterocycles. The third kappa shape index (κ3) is 1.25. The Morgan fingerprint density at radius 3 is 2.86 bits per heavy atom. The summed E-state index contributed by atoms with van der Waals surface area (Å²) in [6.45, 7) is 3.82. The molecule has 1 aromatic rings. The molecule has 0 spiro atoms. The zero-order chi connectivity index (χ0) is 10.3. The van der Waals surface area contributed by atoms with Crippen LogP contribution < -0.4 is 4.74 Å². The number of hydrogen-bond acceptors (Lipinski definition) is 2. The SMILES string of the molecule is CC1(C)Oc2cc(Cl)ccc2C1C#N. The minimum atomic E-state index is -0.457. The van der Waals surface area contributed by atoms with Crippen LogP contribution in [0.25, 0.3) is 0 Å². The lowest BCUT2D eigenvalue weighted by Gasteiger charge is -2.20. The highest BCUT2D eigenvalue weighted by Crippen LogP contribution is 2.44. The average molecular weight is 208 g/mol. The molecular formula is C11H10ClNO. The van der Waals surface area contributed by atoms with E-state index in [0.29, 0.717) is 5.02 Å². The Labute approximate surface area is 88.1 Å². The third-order valence-corrected chi connectivity index (χ3v) is 2.72. The van der Waals surface area contributed by atoms with Crippen molar-refractivity contribution >= 4 is 11.6 Å². The van der Waals surface area contributed by atoms with E-state index in [2.05, 4.69) is 6.07 Å². The van der Waals surface area contributed by atoms with Crippen LogP contribution >= 0.6 is 11.6 Å². The molecule has 2 nitrogen and oxygen atoms in total. The Balaban J connectivity index is 2.55. The maximum Gasteiger partial charge on any atom is 0.126 e. The van der Waals surface area contributed by atoms with E-state index in [4.69, 9.17) is 21.6 Å². The molecule has 0 amide bonds. The van der Waals surface area contributed by atoms with E-state index in [0.717, 1.165) is 11.3 Å². The molecule has 1 atom stereocenters.